The zero-order chi connectivity index (χ0) is 24.2. The van der Waals surface area contributed by atoms with Gasteiger partial charge in [-0.3, -0.25) is 9.59 Å². The van der Waals surface area contributed by atoms with Crippen LogP contribution in [0.15, 0.2) is 0 Å². The molecule has 5 saturated heterocycles. The summed E-state index contributed by atoms with van der Waals surface area (Å²) < 4.78 is 0. The first-order chi connectivity index (χ1) is 17.1. The Morgan fingerprint density at radius 1 is 0.857 bits per heavy atom. The third-order valence-corrected chi connectivity index (χ3v) is 9.24. The van der Waals surface area contributed by atoms with E-state index < -0.39 is 0 Å². The van der Waals surface area contributed by atoms with Crippen molar-refractivity contribution in [2.45, 2.75) is 76.7 Å². The summed E-state index contributed by atoms with van der Waals surface area (Å²) >= 11 is 0. The van der Waals surface area contributed by atoms with Crippen molar-refractivity contribution in [3.05, 3.63) is 0 Å². The molecule has 0 aromatic heterocycles. The minimum atomic E-state index is 0.0276. The first kappa shape index (κ1) is 24.8. The molecule has 0 aromatic carbocycles. The van der Waals surface area contributed by atoms with Crippen LogP contribution in [0.5, 0.6) is 0 Å². The molecule has 8 nitrogen and oxygen atoms in total. The van der Waals surface area contributed by atoms with Crippen molar-refractivity contribution in [2.24, 2.45) is 17.8 Å². The maximum absolute atomic E-state index is 13.3. The topological polar surface area (TPSA) is 76.2 Å². The van der Waals surface area contributed by atoms with Gasteiger partial charge < -0.3 is 24.9 Å². The summed E-state index contributed by atoms with van der Waals surface area (Å²) in [4.78, 5) is 47.1. The van der Waals surface area contributed by atoms with Crippen LogP contribution in [0.3, 0.4) is 0 Å². The summed E-state index contributed by atoms with van der Waals surface area (Å²) in [6.45, 7) is 7.96. The Kier molecular flexibility index (Phi) is 8.15. The van der Waals surface area contributed by atoms with Crippen LogP contribution >= 0.6 is 0 Å². The van der Waals surface area contributed by atoms with Gasteiger partial charge in [-0.05, 0) is 82.8 Å². The van der Waals surface area contributed by atoms with Crippen molar-refractivity contribution in [1.82, 2.24) is 24.9 Å². The molecular weight excluding hydrogens is 442 g/mol. The number of hydrogen-bond donors (Lipinski definition) is 1. The highest BCUT2D eigenvalue weighted by molar-refractivity contribution is 5.80. The fourth-order valence-electron chi connectivity index (χ4n) is 7.32. The predicted molar refractivity (Wildman–Crippen MR) is 135 cm³/mol. The highest BCUT2D eigenvalue weighted by Gasteiger charge is 2.45. The molecule has 35 heavy (non-hydrogen) atoms. The van der Waals surface area contributed by atoms with E-state index in [9.17, 15) is 14.4 Å². The zero-order valence-electron chi connectivity index (χ0n) is 21.5. The zero-order valence-corrected chi connectivity index (χ0v) is 21.5. The Bertz CT molecular complexity index is 760. The maximum atomic E-state index is 13.3. The van der Waals surface area contributed by atoms with E-state index in [0.717, 1.165) is 71.2 Å². The van der Waals surface area contributed by atoms with Crippen LogP contribution in [0.25, 0.3) is 0 Å². The van der Waals surface area contributed by atoms with Crippen LogP contribution in [0, 0.1) is 17.8 Å². The monoisotopic (exact) mass is 487 g/mol. The largest absolute Gasteiger partial charge is 0.356 e. The summed E-state index contributed by atoms with van der Waals surface area (Å²) in [5, 5.41) is 3.16. The number of rotatable bonds is 5. The maximum Gasteiger partial charge on any atom is 0.320 e. The fraction of sp³-hybridized carbons (Fsp3) is 0.889. The average molecular weight is 488 g/mol. The third kappa shape index (κ3) is 5.95. The number of urea groups is 1. The molecule has 2 unspecified atom stereocenters. The first-order valence-electron chi connectivity index (χ1n) is 14.4. The van der Waals surface area contributed by atoms with Gasteiger partial charge in [0, 0.05) is 57.6 Å². The van der Waals surface area contributed by atoms with Crippen molar-refractivity contribution in [3.8, 4) is 0 Å². The second kappa shape index (κ2) is 11.5. The van der Waals surface area contributed by atoms with Gasteiger partial charge in [-0.25, -0.2) is 4.79 Å². The molecule has 1 N–H and O–H groups in total. The van der Waals surface area contributed by atoms with E-state index in [0.29, 0.717) is 43.3 Å². The smallest absolute Gasteiger partial charge is 0.320 e. The van der Waals surface area contributed by atoms with E-state index in [2.05, 4.69) is 20.0 Å². The lowest BCUT2D eigenvalue weighted by Crippen LogP contribution is -2.62. The van der Waals surface area contributed by atoms with Gasteiger partial charge in [-0.2, -0.15) is 0 Å². The van der Waals surface area contributed by atoms with Crippen molar-refractivity contribution >= 4 is 17.8 Å². The normalized spacial score (nSPS) is 30.6. The molecule has 0 spiro atoms. The number of piperidine rings is 4. The number of nitrogens with one attached hydrogen (secondary N) is 1. The molecule has 4 amide bonds. The molecule has 5 aliphatic heterocycles. The van der Waals surface area contributed by atoms with Gasteiger partial charge in [0.25, 0.3) is 0 Å². The molecule has 5 rings (SSSR count). The van der Waals surface area contributed by atoms with Crippen LogP contribution in [0.4, 0.5) is 4.79 Å². The lowest BCUT2D eigenvalue weighted by Gasteiger charge is -2.53. The van der Waals surface area contributed by atoms with Gasteiger partial charge in [-0.15, -0.1) is 0 Å². The number of carbonyl (C=O) groups excluding carboxylic acids is 3. The van der Waals surface area contributed by atoms with Crippen LogP contribution in [-0.2, 0) is 9.59 Å². The van der Waals surface area contributed by atoms with E-state index in [1.807, 2.05) is 4.90 Å². The van der Waals surface area contributed by atoms with Crippen LogP contribution < -0.4 is 5.32 Å². The highest BCUT2D eigenvalue weighted by Crippen LogP contribution is 2.38. The average Bonchev–Trinajstić information content (AvgIpc) is 3.16. The number of fused-ring (bicyclic) bond motifs is 4. The van der Waals surface area contributed by atoms with Crippen LogP contribution in [0.2, 0.25) is 0 Å². The Labute approximate surface area is 210 Å². The SMILES string of the molecule is O=C(NCCCN1CCCCCC1)C1CCN(C(=O)N2CC3CC(C2)[C@H]2CCCC(=O)N2C3)CC1. The Hall–Kier alpha value is -1.83. The summed E-state index contributed by atoms with van der Waals surface area (Å²) in [6.07, 6.45) is 11.8. The van der Waals surface area contributed by atoms with E-state index in [4.69, 9.17) is 0 Å². The lowest BCUT2D eigenvalue weighted by atomic mass is 9.76. The Morgan fingerprint density at radius 2 is 1.63 bits per heavy atom. The second-order valence-corrected chi connectivity index (χ2v) is 11.7. The van der Waals surface area contributed by atoms with E-state index >= 15 is 0 Å². The number of likely N-dealkylation sites (tertiary alicyclic amines) is 3. The van der Waals surface area contributed by atoms with Gasteiger partial charge in [0.2, 0.25) is 11.8 Å². The molecule has 2 bridgehead atoms. The summed E-state index contributed by atoms with van der Waals surface area (Å²) in [5.74, 6) is 1.35. The molecule has 0 aliphatic carbocycles. The summed E-state index contributed by atoms with van der Waals surface area (Å²) in [6, 6.07) is 0.475. The molecule has 196 valence electrons. The number of carbonyl (C=O) groups is 3. The summed E-state index contributed by atoms with van der Waals surface area (Å²) in [7, 11) is 0. The standard InChI is InChI=1S/C27H45N5O3/c33-25-8-5-7-24-23-17-21(19-32(24)25)18-31(20-23)27(35)30-15-9-22(10-16-30)26(34)28-11-6-14-29-12-3-1-2-4-13-29/h21-24H,1-20H2,(H,28,34)/t21?,23?,24-/m1/s1. The van der Waals surface area contributed by atoms with Gasteiger partial charge in [0.15, 0.2) is 0 Å². The van der Waals surface area contributed by atoms with Gasteiger partial charge in [-0.1, -0.05) is 12.8 Å². The molecule has 0 radical (unpaired) electrons. The summed E-state index contributed by atoms with van der Waals surface area (Å²) in [5.41, 5.74) is 0. The van der Waals surface area contributed by atoms with Gasteiger partial charge in [0.1, 0.15) is 0 Å². The molecular formula is C27H45N5O3. The van der Waals surface area contributed by atoms with Crippen molar-refractivity contribution in [2.75, 3.05) is 58.9 Å². The first-order valence-corrected chi connectivity index (χ1v) is 14.4. The third-order valence-electron chi connectivity index (χ3n) is 9.24. The minimum Gasteiger partial charge on any atom is -0.356 e. The molecule has 5 heterocycles. The quantitative estimate of drug-likeness (QED) is 0.605. The Balaban J connectivity index is 1.03. The molecule has 8 heteroatoms. The second-order valence-electron chi connectivity index (χ2n) is 11.7. The van der Waals surface area contributed by atoms with Crippen molar-refractivity contribution in [3.63, 3.8) is 0 Å². The van der Waals surface area contributed by atoms with Crippen molar-refractivity contribution < 1.29 is 14.4 Å². The molecule has 3 atom stereocenters. The molecule has 5 aliphatic rings. The number of nitrogens with zero attached hydrogens (tertiary/aromatic N) is 4. The van der Waals surface area contributed by atoms with Crippen LogP contribution in [0.1, 0.15) is 70.6 Å². The lowest BCUT2D eigenvalue weighted by molar-refractivity contribution is -0.144. The number of amides is 4. The molecule has 0 aromatic rings. The van der Waals surface area contributed by atoms with Crippen LogP contribution in [-0.4, -0.2) is 102 Å². The Morgan fingerprint density at radius 3 is 2.40 bits per heavy atom. The fourth-order valence-corrected chi connectivity index (χ4v) is 7.32. The van der Waals surface area contributed by atoms with E-state index in [-0.39, 0.29) is 17.9 Å². The van der Waals surface area contributed by atoms with E-state index in [1.165, 1.54) is 38.8 Å². The van der Waals surface area contributed by atoms with Gasteiger partial charge in [0.05, 0.1) is 0 Å². The highest BCUT2D eigenvalue weighted by atomic mass is 16.2. The number of hydrogen-bond acceptors (Lipinski definition) is 4. The van der Waals surface area contributed by atoms with Crippen molar-refractivity contribution in [1.29, 1.82) is 0 Å². The molecule has 0 saturated carbocycles. The minimum absolute atomic E-state index is 0.0276. The predicted octanol–water partition coefficient (Wildman–Crippen LogP) is 2.53. The van der Waals surface area contributed by atoms with E-state index in [1.54, 1.807) is 0 Å². The molecule has 5 fully saturated rings. The van der Waals surface area contributed by atoms with Gasteiger partial charge >= 0.3 is 6.03 Å².